The summed E-state index contributed by atoms with van der Waals surface area (Å²) in [7, 11) is 1.92. The van der Waals surface area contributed by atoms with Gasteiger partial charge < -0.3 is 10.3 Å². The molecule has 5 heteroatoms. The van der Waals surface area contributed by atoms with Gasteiger partial charge in [0.05, 0.1) is 6.54 Å². The molecule has 0 aliphatic heterocycles. The Balaban J connectivity index is 1.87. The normalized spacial score (nSPS) is 19.6. The van der Waals surface area contributed by atoms with Gasteiger partial charge in [-0.3, -0.25) is 4.68 Å². The summed E-state index contributed by atoms with van der Waals surface area (Å²) in [5.41, 5.74) is 8.94. The Kier molecular flexibility index (Phi) is 2.91. The predicted molar refractivity (Wildman–Crippen MR) is 69.0 cm³/mol. The summed E-state index contributed by atoms with van der Waals surface area (Å²) in [6, 6.07) is 0.197. The van der Waals surface area contributed by atoms with Crippen LogP contribution < -0.4 is 5.73 Å². The summed E-state index contributed by atoms with van der Waals surface area (Å²) in [6.45, 7) is 0.760. The SMILES string of the molecule is Cn1ncnc1Cn1cc2c(c1)C(N)CCCC2. The monoisotopic (exact) mass is 245 g/mol. The molecular weight excluding hydrogens is 226 g/mol. The Bertz CT molecular complexity index is 539. The lowest BCUT2D eigenvalue weighted by Crippen LogP contribution is -2.09. The Hall–Kier alpha value is -1.62. The van der Waals surface area contributed by atoms with Crippen molar-refractivity contribution in [3.05, 3.63) is 35.7 Å². The fourth-order valence-electron chi connectivity index (χ4n) is 2.67. The molecule has 1 aliphatic rings. The van der Waals surface area contributed by atoms with Gasteiger partial charge in [-0.1, -0.05) is 6.42 Å². The minimum atomic E-state index is 0.197. The molecule has 2 aromatic rings. The Morgan fingerprint density at radius 3 is 3.06 bits per heavy atom. The van der Waals surface area contributed by atoms with E-state index in [2.05, 4.69) is 27.0 Å². The lowest BCUT2D eigenvalue weighted by Gasteiger charge is -2.07. The van der Waals surface area contributed by atoms with Crippen molar-refractivity contribution in [1.82, 2.24) is 19.3 Å². The van der Waals surface area contributed by atoms with Crippen molar-refractivity contribution in [3.8, 4) is 0 Å². The minimum Gasteiger partial charge on any atom is -0.346 e. The first-order valence-corrected chi connectivity index (χ1v) is 6.51. The molecule has 2 N–H and O–H groups in total. The van der Waals surface area contributed by atoms with Gasteiger partial charge in [0.25, 0.3) is 0 Å². The van der Waals surface area contributed by atoms with Crippen LogP contribution in [-0.4, -0.2) is 19.3 Å². The van der Waals surface area contributed by atoms with E-state index < -0.39 is 0 Å². The fraction of sp³-hybridized carbons (Fsp3) is 0.538. The van der Waals surface area contributed by atoms with Gasteiger partial charge in [-0.25, -0.2) is 4.98 Å². The maximum Gasteiger partial charge on any atom is 0.146 e. The highest BCUT2D eigenvalue weighted by Crippen LogP contribution is 2.27. The zero-order chi connectivity index (χ0) is 12.5. The Morgan fingerprint density at radius 2 is 2.28 bits per heavy atom. The molecule has 0 spiro atoms. The predicted octanol–water partition coefficient (Wildman–Crippen LogP) is 1.39. The lowest BCUT2D eigenvalue weighted by molar-refractivity contribution is 0.605. The third-order valence-electron chi connectivity index (χ3n) is 3.74. The highest BCUT2D eigenvalue weighted by molar-refractivity contribution is 5.29. The second kappa shape index (κ2) is 4.57. The van der Waals surface area contributed by atoms with Crippen molar-refractivity contribution in [1.29, 1.82) is 0 Å². The molecule has 0 aromatic carbocycles. The lowest BCUT2D eigenvalue weighted by atomic mass is 10.1. The van der Waals surface area contributed by atoms with E-state index in [0.717, 1.165) is 25.2 Å². The zero-order valence-electron chi connectivity index (χ0n) is 10.7. The molecule has 0 fully saturated rings. The topological polar surface area (TPSA) is 61.7 Å². The second-order valence-electron chi connectivity index (χ2n) is 5.06. The second-order valence-corrected chi connectivity index (χ2v) is 5.06. The Labute approximate surface area is 107 Å². The molecule has 0 saturated heterocycles. The molecule has 0 saturated carbocycles. The van der Waals surface area contributed by atoms with Crippen molar-refractivity contribution in [3.63, 3.8) is 0 Å². The fourth-order valence-corrected chi connectivity index (χ4v) is 2.67. The van der Waals surface area contributed by atoms with E-state index in [1.54, 1.807) is 6.33 Å². The third-order valence-corrected chi connectivity index (χ3v) is 3.74. The molecule has 2 heterocycles. The van der Waals surface area contributed by atoms with Crippen LogP contribution in [0.1, 0.15) is 42.3 Å². The molecule has 0 bridgehead atoms. The summed E-state index contributed by atoms with van der Waals surface area (Å²) >= 11 is 0. The number of hydrogen-bond acceptors (Lipinski definition) is 3. The molecule has 96 valence electrons. The van der Waals surface area contributed by atoms with Gasteiger partial charge >= 0.3 is 0 Å². The molecule has 5 nitrogen and oxygen atoms in total. The van der Waals surface area contributed by atoms with Crippen LogP contribution in [0.4, 0.5) is 0 Å². The highest BCUT2D eigenvalue weighted by Gasteiger charge is 2.17. The minimum absolute atomic E-state index is 0.197. The van der Waals surface area contributed by atoms with E-state index in [9.17, 15) is 0 Å². The van der Waals surface area contributed by atoms with Crippen LogP contribution in [0.5, 0.6) is 0 Å². The number of rotatable bonds is 2. The van der Waals surface area contributed by atoms with Crippen LogP contribution in [0.15, 0.2) is 18.7 Å². The quantitative estimate of drug-likeness (QED) is 0.813. The zero-order valence-corrected chi connectivity index (χ0v) is 10.7. The highest BCUT2D eigenvalue weighted by atomic mass is 15.3. The van der Waals surface area contributed by atoms with Gasteiger partial charge in [-0.05, 0) is 30.4 Å². The molecule has 0 radical (unpaired) electrons. The number of nitrogens with zero attached hydrogens (tertiary/aromatic N) is 4. The van der Waals surface area contributed by atoms with Crippen molar-refractivity contribution in [2.45, 2.75) is 38.3 Å². The Morgan fingerprint density at radius 1 is 1.39 bits per heavy atom. The summed E-state index contributed by atoms with van der Waals surface area (Å²) in [6.07, 6.45) is 10.7. The molecule has 1 unspecified atom stereocenters. The van der Waals surface area contributed by atoms with Gasteiger partial charge in [-0.15, -0.1) is 0 Å². The van der Waals surface area contributed by atoms with E-state index in [0.29, 0.717) is 0 Å². The van der Waals surface area contributed by atoms with Crippen LogP contribution in [0.3, 0.4) is 0 Å². The number of aryl methyl sites for hydroxylation is 2. The van der Waals surface area contributed by atoms with Crippen molar-refractivity contribution in [2.75, 3.05) is 0 Å². The van der Waals surface area contributed by atoms with Gasteiger partial charge in [-0.2, -0.15) is 5.10 Å². The average molecular weight is 245 g/mol. The van der Waals surface area contributed by atoms with Crippen molar-refractivity contribution < 1.29 is 0 Å². The van der Waals surface area contributed by atoms with Crippen molar-refractivity contribution >= 4 is 0 Å². The van der Waals surface area contributed by atoms with Crippen LogP contribution in [0.2, 0.25) is 0 Å². The number of nitrogens with two attached hydrogens (primary N) is 1. The standard InChI is InChI=1S/C13H19N5/c1-17-13(15-9-16-17)8-18-6-10-4-2-3-5-12(14)11(10)7-18/h6-7,9,12H,2-5,8,14H2,1H3. The molecule has 3 rings (SSSR count). The van der Waals surface area contributed by atoms with E-state index in [1.165, 1.54) is 24.0 Å². The van der Waals surface area contributed by atoms with Crippen LogP contribution >= 0.6 is 0 Å². The molecule has 1 aliphatic carbocycles. The van der Waals surface area contributed by atoms with Gasteiger partial charge in [0.15, 0.2) is 0 Å². The first-order valence-electron chi connectivity index (χ1n) is 6.51. The summed E-state index contributed by atoms with van der Waals surface area (Å²) in [4.78, 5) is 4.25. The van der Waals surface area contributed by atoms with Gasteiger partial charge in [0.2, 0.25) is 0 Å². The summed E-state index contributed by atoms with van der Waals surface area (Å²) in [5.74, 6) is 0.966. The molecule has 0 amide bonds. The number of hydrogen-bond donors (Lipinski definition) is 1. The van der Waals surface area contributed by atoms with Gasteiger partial charge in [0.1, 0.15) is 12.2 Å². The van der Waals surface area contributed by atoms with E-state index in [1.807, 2.05) is 11.7 Å². The number of fused-ring (bicyclic) bond motifs is 1. The van der Waals surface area contributed by atoms with E-state index in [4.69, 9.17) is 5.73 Å². The first kappa shape index (κ1) is 11.5. The maximum atomic E-state index is 6.22. The maximum absolute atomic E-state index is 6.22. The molecule has 1 atom stereocenters. The average Bonchev–Trinajstić information content (AvgIpc) is 2.89. The van der Waals surface area contributed by atoms with E-state index >= 15 is 0 Å². The molecule has 18 heavy (non-hydrogen) atoms. The molecular formula is C13H19N5. The number of aromatic nitrogens is 4. The van der Waals surface area contributed by atoms with E-state index in [-0.39, 0.29) is 6.04 Å². The van der Waals surface area contributed by atoms with Gasteiger partial charge in [0, 0.05) is 25.5 Å². The summed E-state index contributed by atoms with van der Waals surface area (Å²) < 4.78 is 3.99. The van der Waals surface area contributed by atoms with Crippen LogP contribution in [0.25, 0.3) is 0 Å². The summed E-state index contributed by atoms with van der Waals surface area (Å²) in [5, 5.41) is 4.09. The molecule has 2 aromatic heterocycles. The smallest absolute Gasteiger partial charge is 0.146 e. The van der Waals surface area contributed by atoms with Crippen molar-refractivity contribution in [2.24, 2.45) is 12.8 Å². The largest absolute Gasteiger partial charge is 0.346 e. The van der Waals surface area contributed by atoms with Crippen LogP contribution in [0, 0.1) is 0 Å². The van der Waals surface area contributed by atoms with Crippen LogP contribution in [-0.2, 0) is 20.0 Å². The third kappa shape index (κ3) is 2.06. The first-order chi connectivity index (χ1) is 8.74.